The van der Waals surface area contributed by atoms with E-state index in [4.69, 9.17) is 9.47 Å². The number of benzene rings is 1. The highest BCUT2D eigenvalue weighted by atomic mass is 79.9. The lowest BCUT2D eigenvalue weighted by Gasteiger charge is -2.35. The topological polar surface area (TPSA) is 88.6 Å². The molecule has 0 bridgehead atoms. The van der Waals surface area contributed by atoms with Gasteiger partial charge in [-0.05, 0) is 45.4 Å². The Labute approximate surface area is 185 Å². The summed E-state index contributed by atoms with van der Waals surface area (Å²) in [6.45, 7) is 11.0. The molecule has 8 nitrogen and oxygen atoms in total. The van der Waals surface area contributed by atoms with E-state index in [-0.39, 0.29) is 6.10 Å². The molecule has 1 aromatic heterocycles. The molecule has 1 atom stereocenters. The Morgan fingerprint density at radius 3 is 2.80 bits per heavy atom. The highest BCUT2D eigenvalue weighted by Crippen LogP contribution is 2.32. The highest BCUT2D eigenvalue weighted by molar-refractivity contribution is 9.10. The fourth-order valence-electron chi connectivity index (χ4n) is 3.09. The molecule has 0 saturated carbocycles. The molecule has 2 heterocycles. The first-order valence-corrected chi connectivity index (χ1v) is 10.8. The SMILES string of the molecule is Cc1cnc(NC(=O)Nc2cc(Br)c(C)cc2OCC2CN(C(C)C)CCO2)cn1. The number of hydrogen-bond donors (Lipinski definition) is 2. The Morgan fingerprint density at radius 2 is 2.10 bits per heavy atom. The number of morpholine rings is 1. The van der Waals surface area contributed by atoms with Gasteiger partial charge in [0.2, 0.25) is 0 Å². The van der Waals surface area contributed by atoms with Gasteiger partial charge in [-0.25, -0.2) is 9.78 Å². The second kappa shape index (κ2) is 10.2. The van der Waals surface area contributed by atoms with Gasteiger partial charge in [-0.15, -0.1) is 0 Å². The van der Waals surface area contributed by atoms with Gasteiger partial charge < -0.3 is 14.8 Å². The van der Waals surface area contributed by atoms with Gasteiger partial charge in [0.1, 0.15) is 18.5 Å². The van der Waals surface area contributed by atoms with E-state index in [1.807, 2.05) is 26.0 Å². The lowest BCUT2D eigenvalue weighted by atomic mass is 10.2. The van der Waals surface area contributed by atoms with E-state index in [0.29, 0.717) is 36.5 Å². The number of ether oxygens (including phenoxy) is 2. The summed E-state index contributed by atoms with van der Waals surface area (Å²) in [5, 5.41) is 5.51. The number of nitrogens with zero attached hydrogens (tertiary/aromatic N) is 3. The van der Waals surface area contributed by atoms with Crippen LogP contribution in [0.5, 0.6) is 5.75 Å². The number of rotatable bonds is 6. The minimum atomic E-state index is -0.423. The number of carbonyl (C=O) groups is 1. The maximum Gasteiger partial charge on any atom is 0.325 e. The minimum Gasteiger partial charge on any atom is -0.489 e. The Balaban J connectivity index is 1.66. The molecule has 1 fully saturated rings. The second-order valence-electron chi connectivity index (χ2n) is 7.61. The summed E-state index contributed by atoms with van der Waals surface area (Å²) in [4.78, 5) is 23.1. The monoisotopic (exact) mass is 477 g/mol. The van der Waals surface area contributed by atoms with Gasteiger partial charge in [0.05, 0.1) is 30.4 Å². The lowest BCUT2D eigenvalue weighted by Crippen LogP contribution is -2.47. The van der Waals surface area contributed by atoms with Crippen LogP contribution in [0.2, 0.25) is 0 Å². The number of aryl methyl sites for hydroxylation is 2. The van der Waals surface area contributed by atoms with Crippen molar-refractivity contribution in [3.05, 3.63) is 40.3 Å². The van der Waals surface area contributed by atoms with E-state index in [0.717, 1.165) is 28.8 Å². The van der Waals surface area contributed by atoms with Crippen LogP contribution in [0.3, 0.4) is 0 Å². The van der Waals surface area contributed by atoms with Gasteiger partial charge in [0.25, 0.3) is 0 Å². The molecule has 0 spiro atoms. The second-order valence-corrected chi connectivity index (χ2v) is 8.47. The zero-order valence-corrected chi connectivity index (χ0v) is 19.3. The third-order valence-corrected chi connectivity index (χ3v) is 5.71. The smallest absolute Gasteiger partial charge is 0.325 e. The summed E-state index contributed by atoms with van der Waals surface area (Å²) < 4.78 is 12.8. The molecular weight excluding hydrogens is 450 g/mol. The number of aromatic nitrogens is 2. The molecule has 1 aliphatic heterocycles. The molecule has 0 aliphatic carbocycles. The summed E-state index contributed by atoms with van der Waals surface area (Å²) in [6, 6.07) is 3.77. The Morgan fingerprint density at radius 1 is 1.30 bits per heavy atom. The Bertz CT molecular complexity index is 876. The minimum absolute atomic E-state index is 0.0189. The van der Waals surface area contributed by atoms with Crippen LogP contribution in [0.4, 0.5) is 16.3 Å². The predicted molar refractivity (Wildman–Crippen MR) is 120 cm³/mol. The molecule has 1 aromatic carbocycles. The zero-order valence-electron chi connectivity index (χ0n) is 17.7. The van der Waals surface area contributed by atoms with Crippen LogP contribution in [-0.4, -0.2) is 59.3 Å². The quantitative estimate of drug-likeness (QED) is 0.653. The van der Waals surface area contributed by atoms with Crippen LogP contribution in [0.1, 0.15) is 25.1 Å². The number of halogens is 1. The number of amides is 2. The first kappa shape index (κ1) is 22.5. The van der Waals surface area contributed by atoms with Crippen molar-refractivity contribution >= 4 is 33.5 Å². The lowest BCUT2D eigenvalue weighted by molar-refractivity contribution is -0.0563. The molecular formula is C21H28BrN5O3. The van der Waals surface area contributed by atoms with Crippen molar-refractivity contribution in [1.82, 2.24) is 14.9 Å². The van der Waals surface area contributed by atoms with Crippen molar-refractivity contribution in [1.29, 1.82) is 0 Å². The Hall–Kier alpha value is -2.23. The standard InChI is InChI=1S/C21H28BrN5O3/c1-13(2)27-5-6-29-16(11-27)12-30-19-7-14(3)17(22)8-18(19)25-21(28)26-20-10-23-15(4)9-24-20/h7-10,13,16H,5-6,11-12H2,1-4H3,(H2,24,25,26,28). The first-order chi connectivity index (χ1) is 14.3. The molecule has 162 valence electrons. The largest absolute Gasteiger partial charge is 0.489 e. The fourth-order valence-corrected chi connectivity index (χ4v) is 3.44. The fraction of sp³-hybridized carbons (Fsp3) is 0.476. The van der Waals surface area contributed by atoms with Crippen molar-refractivity contribution in [2.24, 2.45) is 0 Å². The van der Waals surface area contributed by atoms with Gasteiger partial charge in [-0.3, -0.25) is 15.2 Å². The number of nitrogens with one attached hydrogen (secondary N) is 2. The molecule has 9 heteroatoms. The average molecular weight is 478 g/mol. The van der Waals surface area contributed by atoms with Gasteiger partial charge in [-0.2, -0.15) is 0 Å². The molecule has 3 rings (SSSR count). The van der Waals surface area contributed by atoms with Crippen LogP contribution < -0.4 is 15.4 Å². The molecule has 1 aliphatic rings. The van der Waals surface area contributed by atoms with Crippen LogP contribution in [-0.2, 0) is 4.74 Å². The van der Waals surface area contributed by atoms with Crippen molar-refractivity contribution in [3.8, 4) is 5.75 Å². The van der Waals surface area contributed by atoms with Crippen molar-refractivity contribution in [3.63, 3.8) is 0 Å². The molecule has 1 saturated heterocycles. The maximum atomic E-state index is 12.4. The van der Waals surface area contributed by atoms with Gasteiger partial charge in [0, 0.05) is 23.6 Å². The molecule has 1 unspecified atom stereocenters. The normalized spacial score (nSPS) is 17.1. The van der Waals surface area contributed by atoms with E-state index in [1.54, 1.807) is 6.20 Å². The van der Waals surface area contributed by atoms with Crippen LogP contribution >= 0.6 is 15.9 Å². The van der Waals surface area contributed by atoms with E-state index < -0.39 is 6.03 Å². The number of urea groups is 1. The summed E-state index contributed by atoms with van der Waals surface area (Å²) in [5.74, 6) is 0.960. The van der Waals surface area contributed by atoms with Crippen molar-refractivity contribution in [2.45, 2.75) is 39.8 Å². The number of carbonyl (C=O) groups excluding carboxylic acids is 1. The maximum absolute atomic E-state index is 12.4. The molecule has 2 amide bonds. The molecule has 2 N–H and O–H groups in total. The first-order valence-electron chi connectivity index (χ1n) is 9.97. The van der Waals surface area contributed by atoms with Gasteiger partial charge in [0.15, 0.2) is 5.82 Å². The van der Waals surface area contributed by atoms with Gasteiger partial charge >= 0.3 is 6.03 Å². The van der Waals surface area contributed by atoms with E-state index >= 15 is 0 Å². The summed E-state index contributed by atoms with van der Waals surface area (Å²) in [5.41, 5.74) is 2.34. The summed E-state index contributed by atoms with van der Waals surface area (Å²) >= 11 is 3.52. The van der Waals surface area contributed by atoms with Crippen LogP contribution in [0.15, 0.2) is 29.0 Å². The van der Waals surface area contributed by atoms with E-state index in [2.05, 4.69) is 55.3 Å². The van der Waals surface area contributed by atoms with Crippen molar-refractivity contribution in [2.75, 3.05) is 36.9 Å². The highest BCUT2D eigenvalue weighted by Gasteiger charge is 2.23. The predicted octanol–water partition coefficient (Wildman–Crippen LogP) is 3.99. The van der Waals surface area contributed by atoms with Gasteiger partial charge in [-0.1, -0.05) is 15.9 Å². The van der Waals surface area contributed by atoms with E-state index in [9.17, 15) is 4.79 Å². The van der Waals surface area contributed by atoms with Crippen LogP contribution in [0.25, 0.3) is 0 Å². The molecule has 2 aromatic rings. The molecule has 0 radical (unpaired) electrons. The Kier molecular flexibility index (Phi) is 7.63. The van der Waals surface area contributed by atoms with E-state index in [1.165, 1.54) is 6.20 Å². The average Bonchev–Trinajstić information content (AvgIpc) is 2.71. The summed E-state index contributed by atoms with van der Waals surface area (Å²) in [6.07, 6.45) is 3.09. The third kappa shape index (κ3) is 6.13. The third-order valence-electron chi connectivity index (χ3n) is 4.86. The summed E-state index contributed by atoms with van der Waals surface area (Å²) in [7, 11) is 0. The van der Waals surface area contributed by atoms with Crippen LogP contribution in [0, 0.1) is 13.8 Å². The molecule has 30 heavy (non-hydrogen) atoms. The van der Waals surface area contributed by atoms with Crippen molar-refractivity contribution < 1.29 is 14.3 Å². The zero-order chi connectivity index (χ0) is 21.7. The number of anilines is 2. The number of hydrogen-bond acceptors (Lipinski definition) is 6.